The highest BCUT2D eigenvalue weighted by Crippen LogP contribution is 2.18. The molecule has 0 unspecified atom stereocenters. The average molecular weight is 196 g/mol. The lowest BCUT2D eigenvalue weighted by molar-refractivity contribution is -0.153. The minimum absolute atomic E-state index is 0.108. The Morgan fingerprint density at radius 1 is 1.57 bits per heavy atom. The molecule has 0 aliphatic carbocycles. The highest BCUT2D eigenvalue weighted by atomic mass is 16.2. The monoisotopic (exact) mass is 196 g/mol. The van der Waals surface area contributed by atoms with E-state index < -0.39 is 23.3 Å². The molecule has 1 rings (SSSR count). The van der Waals surface area contributed by atoms with Crippen molar-refractivity contribution in [2.24, 2.45) is 0 Å². The van der Waals surface area contributed by atoms with Gasteiger partial charge in [0.15, 0.2) is 0 Å². The quantitative estimate of drug-likeness (QED) is 0.451. The first kappa shape index (κ1) is 10.4. The number of piperazine rings is 1. The number of carbonyl (C=O) groups excluding carboxylic acids is 3. The van der Waals surface area contributed by atoms with Crippen LogP contribution in [0.15, 0.2) is 12.7 Å². The molecule has 14 heavy (non-hydrogen) atoms. The van der Waals surface area contributed by atoms with E-state index in [1.54, 1.807) is 13.8 Å². The van der Waals surface area contributed by atoms with Crippen LogP contribution in [0.4, 0.5) is 0 Å². The van der Waals surface area contributed by atoms with Crippen molar-refractivity contribution in [3.8, 4) is 0 Å². The minimum Gasteiger partial charge on any atom is -0.316 e. The summed E-state index contributed by atoms with van der Waals surface area (Å²) >= 11 is 0. The Balaban J connectivity index is 3.01. The van der Waals surface area contributed by atoms with Gasteiger partial charge in [0.1, 0.15) is 12.1 Å². The zero-order chi connectivity index (χ0) is 10.9. The van der Waals surface area contributed by atoms with Gasteiger partial charge in [-0.05, 0) is 19.9 Å². The van der Waals surface area contributed by atoms with Crippen molar-refractivity contribution >= 4 is 17.7 Å². The molecule has 0 atom stereocenters. The second kappa shape index (κ2) is 3.25. The van der Waals surface area contributed by atoms with Gasteiger partial charge in [-0.2, -0.15) is 0 Å². The predicted molar refractivity (Wildman–Crippen MR) is 49.1 cm³/mol. The number of hydrogen-bond acceptors (Lipinski definition) is 3. The molecule has 0 aromatic carbocycles. The Morgan fingerprint density at radius 3 is 2.64 bits per heavy atom. The maximum Gasteiger partial charge on any atom is 0.252 e. The van der Waals surface area contributed by atoms with Gasteiger partial charge in [-0.15, -0.1) is 0 Å². The van der Waals surface area contributed by atoms with E-state index in [-0.39, 0.29) is 6.54 Å². The van der Waals surface area contributed by atoms with Crippen LogP contribution in [-0.4, -0.2) is 34.7 Å². The summed E-state index contributed by atoms with van der Waals surface area (Å²) in [5.74, 6) is -1.35. The van der Waals surface area contributed by atoms with Crippen LogP contribution in [0, 0.1) is 0 Å². The average Bonchev–Trinajstić information content (AvgIpc) is 2.10. The fourth-order valence-corrected chi connectivity index (χ4v) is 1.25. The molecule has 0 aromatic rings. The summed E-state index contributed by atoms with van der Waals surface area (Å²) < 4.78 is 0. The van der Waals surface area contributed by atoms with Gasteiger partial charge in [0, 0.05) is 0 Å². The van der Waals surface area contributed by atoms with E-state index in [0.29, 0.717) is 0 Å². The lowest BCUT2D eigenvalue weighted by Gasteiger charge is -2.39. The molecule has 0 spiro atoms. The second-order valence-electron chi connectivity index (χ2n) is 3.56. The van der Waals surface area contributed by atoms with Crippen molar-refractivity contribution in [2.45, 2.75) is 19.4 Å². The molecule has 5 nitrogen and oxygen atoms in total. The van der Waals surface area contributed by atoms with Crippen LogP contribution in [0.5, 0.6) is 0 Å². The van der Waals surface area contributed by atoms with Crippen LogP contribution in [0.25, 0.3) is 0 Å². The van der Waals surface area contributed by atoms with E-state index in [1.807, 2.05) is 0 Å². The van der Waals surface area contributed by atoms with Crippen LogP contribution >= 0.6 is 0 Å². The van der Waals surface area contributed by atoms with E-state index >= 15 is 0 Å². The number of hydrogen-bond donors (Lipinski definition) is 1. The molecule has 1 aliphatic rings. The van der Waals surface area contributed by atoms with Crippen LogP contribution in [-0.2, 0) is 14.4 Å². The van der Waals surface area contributed by atoms with Gasteiger partial charge in [0.2, 0.25) is 11.8 Å². The normalized spacial score (nSPS) is 20.3. The molecule has 76 valence electrons. The molecule has 0 saturated carbocycles. The van der Waals surface area contributed by atoms with Crippen LogP contribution in [0.2, 0.25) is 0 Å². The zero-order valence-electron chi connectivity index (χ0n) is 8.16. The second-order valence-corrected chi connectivity index (χ2v) is 3.56. The topological polar surface area (TPSA) is 66.5 Å². The lowest BCUT2D eigenvalue weighted by atomic mass is 9.98. The third-order valence-corrected chi connectivity index (χ3v) is 2.23. The number of rotatable bonds is 1. The Labute approximate surface area is 81.8 Å². The third-order valence-electron chi connectivity index (χ3n) is 2.23. The number of nitrogens with zero attached hydrogens (tertiary/aromatic N) is 1. The third kappa shape index (κ3) is 1.53. The fourth-order valence-electron chi connectivity index (χ4n) is 1.25. The highest BCUT2D eigenvalue weighted by molar-refractivity contribution is 6.07. The van der Waals surface area contributed by atoms with Gasteiger partial charge in [-0.25, -0.2) is 0 Å². The number of carbonyl (C=O) groups is 3. The molecular formula is C9H12N2O3. The smallest absolute Gasteiger partial charge is 0.252 e. The maximum absolute atomic E-state index is 11.4. The summed E-state index contributed by atoms with van der Waals surface area (Å²) in [5, 5.41) is 2.17. The lowest BCUT2D eigenvalue weighted by Crippen LogP contribution is -2.65. The van der Waals surface area contributed by atoms with Gasteiger partial charge < -0.3 is 4.90 Å². The molecule has 0 radical (unpaired) electrons. The molecule has 0 bridgehead atoms. The van der Waals surface area contributed by atoms with E-state index in [9.17, 15) is 14.4 Å². The van der Waals surface area contributed by atoms with Crippen molar-refractivity contribution in [2.75, 3.05) is 6.54 Å². The molecule has 1 aliphatic heterocycles. The fraction of sp³-hybridized carbons (Fsp3) is 0.444. The summed E-state index contributed by atoms with van der Waals surface area (Å²) in [7, 11) is 0. The Bertz CT molecular complexity index is 320. The molecule has 5 heteroatoms. The van der Waals surface area contributed by atoms with E-state index in [4.69, 9.17) is 0 Å². The summed E-state index contributed by atoms with van der Waals surface area (Å²) in [6.07, 6.45) is 1.09. The van der Waals surface area contributed by atoms with Gasteiger partial charge in [-0.1, -0.05) is 6.58 Å². The van der Waals surface area contributed by atoms with Gasteiger partial charge in [0.05, 0.1) is 0 Å². The predicted octanol–water partition coefficient (Wildman–Crippen LogP) is -0.564. The first-order chi connectivity index (χ1) is 6.39. The SMILES string of the molecule is C=CC(=O)N1CC(=O)NC(=O)C1(C)C. The summed E-state index contributed by atoms with van der Waals surface area (Å²) in [5.41, 5.74) is -1.00. The Hall–Kier alpha value is -1.65. The first-order valence-corrected chi connectivity index (χ1v) is 4.18. The van der Waals surface area contributed by atoms with Crippen LogP contribution in [0.3, 0.4) is 0 Å². The van der Waals surface area contributed by atoms with Gasteiger partial charge in [-0.3, -0.25) is 19.7 Å². The molecule has 0 aromatic heterocycles. The van der Waals surface area contributed by atoms with E-state index in [1.165, 1.54) is 4.90 Å². The standard InChI is InChI=1S/C9H12N2O3/c1-4-7(13)11-5-6(12)10-8(14)9(11,2)3/h4H,1,5H2,2-3H3,(H,10,12,14). The number of amides is 3. The Kier molecular flexibility index (Phi) is 2.42. The van der Waals surface area contributed by atoms with Crippen molar-refractivity contribution in [1.29, 1.82) is 0 Å². The van der Waals surface area contributed by atoms with E-state index in [0.717, 1.165) is 6.08 Å². The first-order valence-electron chi connectivity index (χ1n) is 4.18. The van der Waals surface area contributed by atoms with Gasteiger partial charge >= 0.3 is 0 Å². The molecule has 1 N–H and O–H groups in total. The molecule has 1 fully saturated rings. The molecule has 1 heterocycles. The van der Waals surface area contributed by atoms with Crippen molar-refractivity contribution in [3.05, 3.63) is 12.7 Å². The highest BCUT2D eigenvalue weighted by Gasteiger charge is 2.42. The molecule has 1 saturated heterocycles. The molecular weight excluding hydrogens is 184 g/mol. The summed E-state index contributed by atoms with van der Waals surface area (Å²) in [4.78, 5) is 35.0. The Morgan fingerprint density at radius 2 is 2.14 bits per heavy atom. The molecule has 3 amide bonds. The maximum atomic E-state index is 11.4. The van der Waals surface area contributed by atoms with Crippen molar-refractivity contribution in [3.63, 3.8) is 0 Å². The summed E-state index contributed by atoms with van der Waals surface area (Å²) in [6.45, 7) is 6.37. The van der Waals surface area contributed by atoms with Crippen LogP contribution in [0.1, 0.15) is 13.8 Å². The van der Waals surface area contributed by atoms with Crippen molar-refractivity contribution < 1.29 is 14.4 Å². The van der Waals surface area contributed by atoms with Crippen LogP contribution < -0.4 is 5.32 Å². The van der Waals surface area contributed by atoms with Crippen molar-refractivity contribution in [1.82, 2.24) is 10.2 Å². The summed E-state index contributed by atoms with van der Waals surface area (Å²) in [6, 6.07) is 0. The zero-order valence-corrected chi connectivity index (χ0v) is 8.16. The van der Waals surface area contributed by atoms with E-state index in [2.05, 4.69) is 11.9 Å². The minimum atomic E-state index is -1.00. The van der Waals surface area contributed by atoms with Gasteiger partial charge in [0.25, 0.3) is 5.91 Å². The number of nitrogens with one attached hydrogen (secondary N) is 1. The number of imide groups is 1. The largest absolute Gasteiger partial charge is 0.316 e.